The molecule has 1 aliphatic rings. The van der Waals surface area contributed by atoms with E-state index in [-0.39, 0.29) is 17.7 Å². The molecule has 1 unspecified atom stereocenters. The third kappa shape index (κ3) is 1.38. The molecule has 18 heavy (non-hydrogen) atoms. The Morgan fingerprint density at radius 1 is 1.39 bits per heavy atom. The van der Waals surface area contributed by atoms with Gasteiger partial charge in [0.1, 0.15) is 5.82 Å². The summed E-state index contributed by atoms with van der Waals surface area (Å²) in [5.74, 6) is -0.502. The van der Waals surface area contributed by atoms with E-state index in [0.717, 1.165) is 5.39 Å². The minimum Gasteiger partial charge on any atom is -0.465 e. The van der Waals surface area contributed by atoms with Gasteiger partial charge in [0.05, 0.1) is 18.1 Å². The zero-order chi connectivity index (χ0) is 12.9. The maximum absolute atomic E-state index is 13.8. The van der Waals surface area contributed by atoms with Gasteiger partial charge in [0.25, 0.3) is 5.56 Å². The maximum Gasteiger partial charge on any atom is 0.405 e. The number of pyridine rings is 1. The fraction of sp³-hybridized carbons (Fsp3) is 0.167. The van der Waals surface area contributed by atoms with Gasteiger partial charge >= 0.3 is 6.09 Å². The number of carboxylic acid groups (broad SMARTS) is 1. The molecule has 1 atom stereocenters. The highest BCUT2D eigenvalue weighted by Gasteiger charge is 2.29. The van der Waals surface area contributed by atoms with Crippen molar-refractivity contribution in [3.63, 3.8) is 0 Å². The largest absolute Gasteiger partial charge is 0.465 e. The predicted molar refractivity (Wildman–Crippen MR) is 62.1 cm³/mol. The first kappa shape index (κ1) is 10.8. The second-order valence-electron chi connectivity index (χ2n) is 4.18. The summed E-state index contributed by atoms with van der Waals surface area (Å²) in [6.07, 6.45) is -1.24. The zero-order valence-electron chi connectivity index (χ0n) is 9.18. The molecule has 0 fully saturated rings. The summed E-state index contributed by atoms with van der Waals surface area (Å²) in [7, 11) is 0. The molecule has 1 amide bonds. The Kier molecular flexibility index (Phi) is 2.13. The van der Waals surface area contributed by atoms with Gasteiger partial charge in [0, 0.05) is 11.6 Å². The van der Waals surface area contributed by atoms with Crippen molar-refractivity contribution < 1.29 is 14.3 Å². The molecule has 3 rings (SSSR count). The van der Waals surface area contributed by atoms with E-state index in [0.29, 0.717) is 5.52 Å². The van der Waals surface area contributed by atoms with E-state index in [9.17, 15) is 14.0 Å². The number of rotatable bonds is 1. The SMILES string of the molecule is O=C(O)NC1Cn2c(=O)ccc3ccc(F)c1c32. The van der Waals surface area contributed by atoms with Crippen LogP contribution >= 0.6 is 0 Å². The molecule has 1 aromatic heterocycles. The fourth-order valence-electron chi connectivity index (χ4n) is 2.45. The maximum atomic E-state index is 13.8. The quantitative estimate of drug-likeness (QED) is 0.802. The lowest BCUT2D eigenvalue weighted by Crippen LogP contribution is -2.29. The van der Waals surface area contributed by atoms with Crippen molar-refractivity contribution in [1.29, 1.82) is 0 Å². The van der Waals surface area contributed by atoms with Crippen LogP contribution in [0.2, 0.25) is 0 Å². The molecule has 0 spiro atoms. The van der Waals surface area contributed by atoms with Crippen LogP contribution in [0.5, 0.6) is 0 Å². The highest BCUT2D eigenvalue weighted by Crippen LogP contribution is 2.32. The second-order valence-corrected chi connectivity index (χ2v) is 4.18. The van der Waals surface area contributed by atoms with E-state index in [1.54, 1.807) is 12.1 Å². The number of carbonyl (C=O) groups is 1. The van der Waals surface area contributed by atoms with Crippen LogP contribution in [0.4, 0.5) is 9.18 Å². The molecular weight excluding hydrogens is 239 g/mol. The van der Waals surface area contributed by atoms with Crippen molar-refractivity contribution in [2.75, 3.05) is 0 Å². The van der Waals surface area contributed by atoms with E-state index in [1.807, 2.05) is 0 Å². The van der Waals surface area contributed by atoms with Gasteiger partial charge in [-0.2, -0.15) is 0 Å². The van der Waals surface area contributed by atoms with Crippen LogP contribution < -0.4 is 10.9 Å². The molecule has 0 aliphatic carbocycles. The zero-order valence-corrected chi connectivity index (χ0v) is 9.18. The summed E-state index contributed by atoms with van der Waals surface area (Å²) >= 11 is 0. The number of nitrogens with zero attached hydrogens (tertiary/aromatic N) is 1. The Hall–Kier alpha value is -2.37. The average Bonchev–Trinajstić information content (AvgIpc) is 2.67. The summed E-state index contributed by atoms with van der Waals surface area (Å²) in [4.78, 5) is 22.4. The summed E-state index contributed by atoms with van der Waals surface area (Å²) in [5.41, 5.74) is 0.456. The highest BCUT2D eigenvalue weighted by molar-refractivity contribution is 5.85. The molecule has 2 aromatic rings. The van der Waals surface area contributed by atoms with Gasteiger partial charge in [0.15, 0.2) is 0 Å². The van der Waals surface area contributed by atoms with Crippen molar-refractivity contribution in [2.45, 2.75) is 12.6 Å². The Labute approximate surface area is 100 Å². The van der Waals surface area contributed by atoms with Crippen molar-refractivity contribution in [2.24, 2.45) is 0 Å². The standard InChI is InChI=1S/C12H9FN2O3/c13-7-3-1-6-2-4-9(16)15-5-8(14-12(17)18)10(7)11(6)15/h1-4,8,14H,5H2,(H,17,18). The fourth-order valence-corrected chi connectivity index (χ4v) is 2.45. The van der Waals surface area contributed by atoms with Crippen LogP contribution in [0, 0.1) is 5.82 Å². The summed E-state index contributed by atoms with van der Waals surface area (Å²) < 4.78 is 15.2. The van der Waals surface area contributed by atoms with E-state index in [4.69, 9.17) is 5.11 Å². The number of hydrogen-bond acceptors (Lipinski definition) is 2. The Bertz CT molecular complexity index is 723. The minimum atomic E-state index is -1.24. The Morgan fingerprint density at radius 3 is 2.83 bits per heavy atom. The Morgan fingerprint density at radius 2 is 2.11 bits per heavy atom. The van der Waals surface area contributed by atoms with Gasteiger partial charge in [-0.1, -0.05) is 0 Å². The first-order chi connectivity index (χ1) is 8.58. The lowest BCUT2D eigenvalue weighted by Gasteiger charge is -2.10. The third-order valence-electron chi connectivity index (χ3n) is 3.15. The second kappa shape index (κ2) is 3.56. The number of hydrogen-bond donors (Lipinski definition) is 2. The summed E-state index contributed by atoms with van der Waals surface area (Å²) in [6, 6.07) is 5.15. The number of aromatic nitrogens is 1. The van der Waals surface area contributed by atoms with Crippen LogP contribution in [0.25, 0.3) is 10.9 Å². The van der Waals surface area contributed by atoms with E-state index in [1.165, 1.54) is 16.7 Å². The van der Waals surface area contributed by atoms with Gasteiger partial charge in [0.2, 0.25) is 0 Å². The predicted octanol–water partition coefficient (Wildman–Crippen LogP) is 1.46. The van der Waals surface area contributed by atoms with Crippen LogP contribution in [0.3, 0.4) is 0 Å². The van der Waals surface area contributed by atoms with Crippen molar-refractivity contribution in [1.82, 2.24) is 9.88 Å². The molecule has 1 aromatic carbocycles. The molecule has 0 radical (unpaired) electrons. The lowest BCUT2D eigenvalue weighted by atomic mass is 10.1. The van der Waals surface area contributed by atoms with Gasteiger partial charge in [-0.25, -0.2) is 9.18 Å². The summed E-state index contributed by atoms with van der Waals surface area (Å²) in [5, 5.41) is 11.7. The first-order valence-electron chi connectivity index (χ1n) is 5.39. The molecule has 0 saturated heterocycles. The third-order valence-corrected chi connectivity index (χ3v) is 3.15. The van der Waals surface area contributed by atoms with Crippen LogP contribution in [0.15, 0.2) is 29.1 Å². The van der Waals surface area contributed by atoms with Crippen molar-refractivity contribution in [3.8, 4) is 0 Å². The molecular formula is C12H9FN2O3. The molecule has 1 aliphatic heterocycles. The normalized spacial score (nSPS) is 17.1. The Balaban J connectivity index is 2.31. The molecule has 2 N–H and O–H groups in total. The van der Waals surface area contributed by atoms with Gasteiger partial charge < -0.3 is 15.0 Å². The average molecular weight is 248 g/mol. The van der Waals surface area contributed by atoms with E-state index in [2.05, 4.69) is 5.32 Å². The van der Waals surface area contributed by atoms with Crippen LogP contribution in [0.1, 0.15) is 11.6 Å². The van der Waals surface area contributed by atoms with E-state index < -0.39 is 18.0 Å². The summed E-state index contributed by atoms with van der Waals surface area (Å²) in [6.45, 7) is 0.124. The molecule has 5 nitrogen and oxygen atoms in total. The lowest BCUT2D eigenvalue weighted by molar-refractivity contribution is 0.189. The molecule has 0 saturated carbocycles. The number of halogens is 1. The minimum absolute atomic E-state index is 0.124. The van der Waals surface area contributed by atoms with Gasteiger partial charge in [-0.15, -0.1) is 0 Å². The monoisotopic (exact) mass is 248 g/mol. The topological polar surface area (TPSA) is 71.3 Å². The number of benzene rings is 1. The van der Waals surface area contributed by atoms with Gasteiger partial charge in [-0.3, -0.25) is 4.79 Å². The van der Waals surface area contributed by atoms with Crippen molar-refractivity contribution in [3.05, 3.63) is 46.0 Å². The van der Waals surface area contributed by atoms with Crippen LogP contribution in [-0.2, 0) is 6.54 Å². The van der Waals surface area contributed by atoms with E-state index >= 15 is 0 Å². The molecule has 92 valence electrons. The van der Waals surface area contributed by atoms with Gasteiger partial charge in [-0.05, 0) is 23.6 Å². The number of nitrogens with one attached hydrogen (secondary N) is 1. The molecule has 6 heteroatoms. The van der Waals surface area contributed by atoms with Crippen LogP contribution in [-0.4, -0.2) is 15.8 Å². The number of amides is 1. The molecule has 0 bridgehead atoms. The molecule has 2 heterocycles. The highest BCUT2D eigenvalue weighted by atomic mass is 19.1. The first-order valence-corrected chi connectivity index (χ1v) is 5.39. The van der Waals surface area contributed by atoms with Crippen molar-refractivity contribution >= 4 is 17.0 Å². The smallest absolute Gasteiger partial charge is 0.405 e.